The Labute approximate surface area is 150 Å². The van der Waals surface area contributed by atoms with E-state index in [9.17, 15) is 15.2 Å². The highest BCUT2D eigenvalue weighted by atomic mass is 16.5. The van der Waals surface area contributed by atoms with E-state index in [1.165, 1.54) is 25.5 Å². The van der Waals surface area contributed by atoms with Gasteiger partial charge < -0.3 is 9.63 Å². The van der Waals surface area contributed by atoms with Crippen LogP contribution in [0.3, 0.4) is 0 Å². The van der Waals surface area contributed by atoms with Crippen molar-refractivity contribution in [2.45, 2.75) is 44.9 Å². The predicted molar refractivity (Wildman–Crippen MR) is 92.9 cm³/mol. The molecule has 2 N–H and O–H groups in total. The van der Waals surface area contributed by atoms with Gasteiger partial charge in [-0.3, -0.25) is 10.1 Å². The minimum atomic E-state index is -0.795. The molecule has 0 bridgehead atoms. The van der Waals surface area contributed by atoms with Gasteiger partial charge in [-0.05, 0) is 31.2 Å². The molecule has 1 aliphatic carbocycles. The van der Waals surface area contributed by atoms with Gasteiger partial charge >= 0.3 is 0 Å². The Kier molecular flexibility index (Phi) is 5.27. The molecule has 8 heteroatoms. The van der Waals surface area contributed by atoms with Crippen LogP contribution >= 0.6 is 0 Å². The second-order valence-electron chi connectivity index (χ2n) is 6.26. The first-order valence-corrected chi connectivity index (χ1v) is 8.48. The maximum atomic E-state index is 12.3. The van der Waals surface area contributed by atoms with Gasteiger partial charge in [-0.2, -0.15) is 5.26 Å². The molecule has 8 nitrogen and oxygen atoms in total. The molecule has 1 saturated carbocycles. The van der Waals surface area contributed by atoms with Crippen LogP contribution in [0.25, 0.3) is 5.76 Å². The first kappa shape index (κ1) is 17.6. The fourth-order valence-electron chi connectivity index (χ4n) is 3.09. The molecule has 2 heterocycles. The molecule has 1 fully saturated rings. The van der Waals surface area contributed by atoms with Crippen molar-refractivity contribution < 1.29 is 14.4 Å². The minimum Gasteiger partial charge on any atom is -0.506 e. The van der Waals surface area contributed by atoms with E-state index in [1.807, 2.05) is 0 Å². The quantitative estimate of drug-likeness (QED) is 0.491. The molecule has 0 atom stereocenters. The summed E-state index contributed by atoms with van der Waals surface area (Å²) in [7, 11) is 0. The average molecular weight is 353 g/mol. The first-order chi connectivity index (χ1) is 12.6. The zero-order valence-corrected chi connectivity index (χ0v) is 14.4. The molecule has 2 aromatic rings. The summed E-state index contributed by atoms with van der Waals surface area (Å²) < 4.78 is 4.84. The minimum absolute atomic E-state index is 0.0807. The van der Waals surface area contributed by atoms with Gasteiger partial charge in [0.25, 0.3) is 5.91 Å². The van der Waals surface area contributed by atoms with Crippen LogP contribution in [0, 0.1) is 18.3 Å². The zero-order chi connectivity index (χ0) is 18.5. The van der Waals surface area contributed by atoms with E-state index >= 15 is 0 Å². The van der Waals surface area contributed by atoms with Crippen LogP contribution < -0.4 is 5.32 Å². The normalized spacial score (nSPS) is 15.8. The van der Waals surface area contributed by atoms with Crippen molar-refractivity contribution >= 4 is 17.6 Å². The Morgan fingerprint density at radius 3 is 2.54 bits per heavy atom. The molecule has 0 saturated heterocycles. The SMILES string of the molecule is Cc1oncc1/C(O)=C(\C#N)C(=O)Nc1ncc(C2CCCCC2)cn1. The summed E-state index contributed by atoms with van der Waals surface area (Å²) in [6.45, 7) is 1.57. The van der Waals surface area contributed by atoms with E-state index in [1.54, 1.807) is 25.4 Å². The highest BCUT2D eigenvalue weighted by Crippen LogP contribution is 2.32. The Morgan fingerprint density at radius 1 is 1.27 bits per heavy atom. The Balaban J connectivity index is 1.74. The van der Waals surface area contributed by atoms with Crippen molar-refractivity contribution in [1.29, 1.82) is 5.26 Å². The van der Waals surface area contributed by atoms with Crippen LogP contribution in [-0.4, -0.2) is 26.1 Å². The largest absolute Gasteiger partial charge is 0.506 e. The van der Waals surface area contributed by atoms with Crippen molar-refractivity contribution in [1.82, 2.24) is 15.1 Å². The van der Waals surface area contributed by atoms with E-state index < -0.39 is 17.2 Å². The Bertz CT molecular complexity index is 858. The lowest BCUT2D eigenvalue weighted by Crippen LogP contribution is -2.17. The molecule has 0 spiro atoms. The summed E-state index contributed by atoms with van der Waals surface area (Å²) in [6.07, 6.45) is 10.6. The molecule has 1 amide bonds. The average Bonchev–Trinajstić information content (AvgIpc) is 3.09. The van der Waals surface area contributed by atoms with Crippen molar-refractivity contribution in [2.24, 2.45) is 0 Å². The van der Waals surface area contributed by atoms with Gasteiger partial charge in [0, 0.05) is 12.4 Å². The van der Waals surface area contributed by atoms with Gasteiger partial charge in [-0.15, -0.1) is 0 Å². The predicted octanol–water partition coefficient (Wildman–Crippen LogP) is 3.25. The third-order valence-electron chi connectivity index (χ3n) is 4.56. The van der Waals surface area contributed by atoms with E-state index in [0.717, 1.165) is 18.4 Å². The second-order valence-corrected chi connectivity index (χ2v) is 6.26. The van der Waals surface area contributed by atoms with Gasteiger partial charge in [0.1, 0.15) is 11.8 Å². The number of aryl methyl sites for hydroxylation is 1. The molecule has 3 rings (SSSR count). The smallest absolute Gasteiger partial charge is 0.272 e. The van der Waals surface area contributed by atoms with Crippen LogP contribution in [-0.2, 0) is 4.79 Å². The van der Waals surface area contributed by atoms with Crippen molar-refractivity contribution in [3.8, 4) is 6.07 Å². The summed E-state index contributed by atoms with van der Waals surface area (Å²) in [5.74, 6) is -0.449. The molecule has 0 radical (unpaired) electrons. The number of rotatable bonds is 4. The van der Waals surface area contributed by atoms with Crippen LogP contribution in [0.2, 0.25) is 0 Å². The fourth-order valence-corrected chi connectivity index (χ4v) is 3.09. The number of nitrogens with zero attached hydrogens (tertiary/aromatic N) is 4. The van der Waals surface area contributed by atoms with Crippen LogP contribution in [0.1, 0.15) is 54.9 Å². The maximum absolute atomic E-state index is 12.3. The molecular formula is C18H19N5O3. The van der Waals surface area contributed by atoms with Gasteiger partial charge in [0.2, 0.25) is 5.95 Å². The molecule has 0 aliphatic heterocycles. The summed E-state index contributed by atoms with van der Waals surface area (Å²) in [5, 5.41) is 25.4. The molecule has 134 valence electrons. The van der Waals surface area contributed by atoms with Gasteiger partial charge in [0.05, 0.1) is 11.8 Å². The topological polar surface area (TPSA) is 125 Å². The number of hydrogen-bond acceptors (Lipinski definition) is 7. The highest BCUT2D eigenvalue weighted by Gasteiger charge is 2.21. The van der Waals surface area contributed by atoms with Crippen LogP contribution in [0.4, 0.5) is 5.95 Å². The number of carbonyl (C=O) groups is 1. The lowest BCUT2D eigenvalue weighted by atomic mass is 9.85. The molecule has 26 heavy (non-hydrogen) atoms. The van der Waals surface area contributed by atoms with Crippen molar-refractivity contribution in [2.75, 3.05) is 5.32 Å². The van der Waals surface area contributed by atoms with E-state index in [2.05, 4.69) is 20.4 Å². The third kappa shape index (κ3) is 3.72. The second kappa shape index (κ2) is 7.78. The number of aliphatic hydroxyl groups is 1. The molecular weight excluding hydrogens is 334 g/mol. The monoisotopic (exact) mass is 353 g/mol. The lowest BCUT2D eigenvalue weighted by Gasteiger charge is -2.21. The fraction of sp³-hybridized carbons (Fsp3) is 0.389. The van der Waals surface area contributed by atoms with Crippen molar-refractivity contribution in [3.63, 3.8) is 0 Å². The summed E-state index contributed by atoms with van der Waals surface area (Å²) >= 11 is 0. The summed E-state index contributed by atoms with van der Waals surface area (Å²) in [5.41, 5.74) is 0.781. The molecule has 0 aromatic carbocycles. The first-order valence-electron chi connectivity index (χ1n) is 8.48. The van der Waals surface area contributed by atoms with Gasteiger partial charge in [0.15, 0.2) is 11.3 Å². The highest BCUT2D eigenvalue weighted by molar-refractivity contribution is 6.10. The molecule has 0 unspecified atom stereocenters. The van der Waals surface area contributed by atoms with E-state index in [0.29, 0.717) is 11.7 Å². The number of nitriles is 1. The number of amides is 1. The lowest BCUT2D eigenvalue weighted by molar-refractivity contribution is -0.112. The van der Waals surface area contributed by atoms with Gasteiger partial charge in [-0.25, -0.2) is 9.97 Å². The Hall–Kier alpha value is -3.21. The standard InChI is InChI=1S/C18H19N5O3/c1-11-15(10-22-26-11)16(24)14(7-19)17(25)23-18-20-8-13(9-21-18)12-5-3-2-4-6-12/h8-10,12,24H,2-6H2,1H3,(H,20,21,23,25)/b16-14-. The number of hydrogen-bond donors (Lipinski definition) is 2. The number of nitrogens with one attached hydrogen (secondary N) is 1. The third-order valence-corrected chi connectivity index (χ3v) is 4.56. The molecule has 1 aliphatic rings. The summed E-state index contributed by atoms with van der Waals surface area (Å²) in [6, 6.07) is 1.69. The Morgan fingerprint density at radius 2 is 1.96 bits per heavy atom. The zero-order valence-electron chi connectivity index (χ0n) is 14.4. The number of aromatic nitrogens is 3. The van der Waals surface area contributed by atoms with Crippen LogP contribution in [0.5, 0.6) is 0 Å². The summed E-state index contributed by atoms with van der Waals surface area (Å²) in [4.78, 5) is 20.6. The number of anilines is 1. The van der Waals surface area contributed by atoms with E-state index in [4.69, 9.17) is 4.52 Å². The van der Waals surface area contributed by atoms with Gasteiger partial charge in [-0.1, -0.05) is 24.4 Å². The van der Waals surface area contributed by atoms with Crippen LogP contribution in [0.15, 0.2) is 28.7 Å². The molecule has 2 aromatic heterocycles. The van der Waals surface area contributed by atoms with E-state index in [-0.39, 0.29) is 11.5 Å². The number of aliphatic hydroxyl groups excluding tert-OH is 1. The maximum Gasteiger partial charge on any atom is 0.272 e. The number of carbonyl (C=O) groups excluding carboxylic acids is 1. The van der Waals surface area contributed by atoms with Crippen molar-refractivity contribution in [3.05, 3.63) is 41.1 Å².